The Balaban J connectivity index is 2.31. The fourth-order valence-corrected chi connectivity index (χ4v) is 2.14. The van der Waals surface area contributed by atoms with Crippen molar-refractivity contribution in [2.24, 2.45) is 0 Å². The van der Waals surface area contributed by atoms with E-state index < -0.39 is 0 Å². The number of hydrogen-bond acceptors (Lipinski definition) is 2. The van der Waals surface area contributed by atoms with E-state index in [1.54, 1.807) is 0 Å². The number of benzene rings is 1. The second-order valence-electron chi connectivity index (χ2n) is 4.18. The van der Waals surface area contributed by atoms with Crippen molar-refractivity contribution in [3.05, 3.63) is 41.3 Å². The van der Waals surface area contributed by atoms with Gasteiger partial charge in [0.05, 0.1) is 5.69 Å². The molecule has 0 aliphatic carbocycles. The van der Waals surface area contributed by atoms with Gasteiger partial charge in [-0.15, -0.1) is 0 Å². The molecule has 0 spiro atoms. The first-order chi connectivity index (χ1) is 8.24. The van der Waals surface area contributed by atoms with E-state index >= 15 is 0 Å². The lowest BCUT2D eigenvalue weighted by molar-refractivity contribution is 0.995. The number of aromatic nitrogens is 2. The maximum absolute atomic E-state index is 4.62. The number of nitrogens with one attached hydrogen (secondary N) is 1. The SMILES string of the molecule is CCc1ccc(-c2nc(CCS)[nH]c2C)cc1. The van der Waals surface area contributed by atoms with Gasteiger partial charge in [0, 0.05) is 17.7 Å². The molecule has 0 radical (unpaired) electrons. The topological polar surface area (TPSA) is 28.7 Å². The third kappa shape index (κ3) is 2.72. The summed E-state index contributed by atoms with van der Waals surface area (Å²) in [5.41, 5.74) is 4.73. The maximum atomic E-state index is 4.62. The van der Waals surface area contributed by atoms with E-state index in [9.17, 15) is 0 Å². The van der Waals surface area contributed by atoms with Gasteiger partial charge in [-0.05, 0) is 24.7 Å². The van der Waals surface area contributed by atoms with E-state index in [0.717, 1.165) is 35.8 Å². The van der Waals surface area contributed by atoms with Crippen LogP contribution in [0, 0.1) is 6.92 Å². The van der Waals surface area contributed by atoms with Crippen molar-refractivity contribution in [2.45, 2.75) is 26.7 Å². The van der Waals surface area contributed by atoms with Crippen LogP contribution in [0.2, 0.25) is 0 Å². The molecule has 90 valence electrons. The van der Waals surface area contributed by atoms with Gasteiger partial charge in [-0.3, -0.25) is 0 Å². The van der Waals surface area contributed by atoms with Crippen LogP contribution in [-0.2, 0) is 12.8 Å². The van der Waals surface area contributed by atoms with E-state index in [1.165, 1.54) is 11.1 Å². The van der Waals surface area contributed by atoms with Gasteiger partial charge in [-0.2, -0.15) is 12.6 Å². The smallest absolute Gasteiger partial charge is 0.107 e. The van der Waals surface area contributed by atoms with Crippen LogP contribution in [-0.4, -0.2) is 15.7 Å². The molecule has 1 aromatic carbocycles. The molecule has 0 saturated carbocycles. The van der Waals surface area contributed by atoms with Crippen molar-refractivity contribution in [1.29, 1.82) is 0 Å². The zero-order valence-corrected chi connectivity index (χ0v) is 11.2. The molecule has 2 aromatic rings. The molecule has 0 bridgehead atoms. The largest absolute Gasteiger partial charge is 0.346 e. The van der Waals surface area contributed by atoms with E-state index in [1.807, 2.05) is 0 Å². The Kier molecular flexibility index (Phi) is 3.89. The Hall–Kier alpha value is -1.22. The molecule has 0 atom stereocenters. The predicted octanol–water partition coefficient (Wildman–Crippen LogP) is 3.42. The molecule has 2 rings (SSSR count). The summed E-state index contributed by atoms with van der Waals surface area (Å²) in [6.07, 6.45) is 1.96. The summed E-state index contributed by atoms with van der Waals surface area (Å²) in [5, 5.41) is 0. The van der Waals surface area contributed by atoms with Gasteiger partial charge in [-0.25, -0.2) is 4.98 Å². The van der Waals surface area contributed by atoms with Gasteiger partial charge in [0.15, 0.2) is 0 Å². The van der Waals surface area contributed by atoms with E-state index in [2.05, 4.69) is 60.7 Å². The number of imidazole rings is 1. The van der Waals surface area contributed by atoms with Crippen LogP contribution in [0.25, 0.3) is 11.3 Å². The first-order valence-electron chi connectivity index (χ1n) is 6.00. The van der Waals surface area contributed by atoms with E-state index in [-0.39, 0.29) is 0 Å². The molecule has 1 heterocycles. The van der Waals surface area contributed by atoms with Crippen molar-refractivity contribution in [1.82, 2.24) is 9.97 Å². The summed E-state index contributed by atoms with van der Waals surface area (Å²) in [7, 11) is 0. The first kappa shape index (κ1) is 12.2. The summed E-state index contributed by atoms with van der Waals surface area (Å²) in [4.78, 5) is 7.93. The van der Waals surface area contributed by atoms with Crippen molar-refractivity contribution in [2.75, 3.05) is 5.75 Å². The van der Waals surface area contributed by atoms with Crippen molar-refractivity contribution >= 4 is 12.6 Å². The molecule has 1 N–H and O–H groups in total. The summed E-state index contributed by atoms with van der Waals surface area (Å²) in [6.45, 7) is 4.23. The number of aromatic amines is 1. The monoisotopic (exact) mass is 246 g/mol. The first-order valence-corrected chi connectivity index (χ1v) is 6.63. The van der Waals surface area contributed by atoms with Crippen LogP contribution in [0.15, 0.2) is 24.3 Å². The lowest BCUT2D eigenvalue weighted by Crippen LogP contribution is -1.88. The van der Waals surface area contributed by atoms with Crippen LogP contribution in [0.3, 0.4) is 0 Å². The zero-order valence-electron chi connectivity index (χ0n) is 10.3. The number of aryl methyl sites for hydroxylation is 3. The van der Waals surface area contributed by atoms with Gasteiger partial charge in [-0.1, -0.05) is 31.2 Å². The van der Waals surface area contributed by atoms with Crippen LogP contribution in [0.5, 0.6) is 0 Å². The Morgan fingerprint density at radius 2 is 1.94 bits per heavy atom. The van der Waals surface area contributed by atoms with Crippen LogP contribution in [0.1, 0.15) is 24.0 Å². The average Bonchev–Trinajstić information content (AvgIpc) is 2.71. The molecular weight excluding hydrogens is 228 g/mol. The Morgan fingerprint density at radius 3 is 2.53 bits per heavy atom. The molecule has 1 aromatic heterocycles. The minimum Gasteiger partial charge on any atom is -0.346 e. The van der Waals surface area contributed by atoms with Crippen molar-refractivity contribution < 1.29 is 0 Å². The summed E-state index contributed by atoms with van der Waals surface area (Å²) < 4.78 is 0. The molecule has 0 amide bonds. The molecular formula is C14H18N2S. The minimum absolute atomic E-state index is 0.821. The van der Waals surface area contributed by atoms with Crippen LogP contribution >= 0.6 is 12.6 Å². The van der Waals surface area contributed by atoms with Gasteiger partial charge in [0.25, 0.3) is 0 Å². The highest BCUT2D eigenvalue weighted by Gasteiger charge is 2.08. The maximum Gasteiger partial charge on any atom is 0.107 e. The summed E-state index contributed by atoms with van der Waals surface area (Å²) in [5.74, 6) is 1.84. The summed E-state index contributed by atoms with van der Waals surface area (Å²) >= 11 is 4.23. The third-order valence-corrected chi connectivity index (χ3v) is 3.14. The van der Waals surface area contributed by atoms with Crippen molar-refractivity contribution in [3.63, 3.8) is 0 Å². The minimum atomic E-state index is 0.821. The normalized spacial score (nSPS) is 10.8. The molecule has 0 aliphatic heterocycles. The second-order valence-corrected chi connectivity index (χ2v) is 4.63. The molecule has 3 heteroatoms. The number of thiol groups is 1. The Morgan fingerprint density at radius 1 is 1.24 bits per heavy atom. The molecule has 0 unspecified atom stereocenters. The molecule has 2 nitrogen and oxygen atoms in total. The summed E-state index contributed by atoms with van der Waals surface area (Å²) in [6, 6.07) is 8.63. The fourth-order valence-electron chi connectivity index (χ4n) is 1.93. The van der Waals surface area contributed by atoms with E-state index in [0.29, 0.717) is 0 Å². The van der Waals surface area contributed by atoms with Crippen LogP contribution < -0.4 is 0 Å². The number of H-pyrrole nitrogens is 1. The van der Waals surface area contributed by atoms with Gasteiger partial charge >= 0.3 is 0 Å². The number of rotatable bonds is 4. The molecule has 17 heavy (non-hydrogen) atoms. The molecule has 0 fully saturated rings. The van der Waals surface area contributed by atoms with Crippen molar-refractivity contribution in [3.8, 4) is 11.3 Å². The Labute approximate surface area is 108 Å². The van der Waals surface area contributed by atoms with E-state index in [4.69, 9.17) is 0 Å². The standard InChI is InChI=1S/C14H18N2S/c1-3-11-4-6-12(7-5-11)14-10(2)15-13(16-14)8-9-17/h4-7,17H,3,8-9H2,1-2H3,(H,15,16). The molecule has 0 saturated heterocycles. The number of hydrogen-bond donors (Lipinski definition) is 2. The predicted molar refractivity (Wildman–Crippen MR) is 75.7 cm³/mol. The lowest BCUT2D eigenvalue weighted by atomic mass is 10.1. The van der Waals surface area contributed by atoms with Gasteiger partial charge < -0.3 is 4.98 Å². The fraction of sp³-hybridized carbons (Fsp3) is 0.357. The zero-order chi connectivity index (χ0) is 12.3. The third-order valence-electron chi connectivity index (χ3n) is 2.92. The van der Waals surface area contributed by atoms with Gasteiger partial charge in [0.1, 0.15) is 5.82 Å². The highest BCUT2D eigenvalue weighted by atomic mass is 32.1. The Bertz CT molecular complexity index is 485. The second kappa shape index (κ2) is 5.41. The number of nitrogens with zero attached hydrogens (tertiary/aromatic N) is 1. The molecule has 0 aliphatic rings. The van der Waals surface area contributed by atoms with Crippen LogP contribution in [0.4, 0.5) is 0 Å². The quantitative estimate of drug-likeness (QED) is 0.795. The highest BCUT2D eigenvalue weighted by Crippen LogP contribution is 2.22. The van der Waals surface area contributed by atoms with Gasteiger partial charge in [0.2, 0.25) is 0 Å². The lowest BCUT2D eigenvalue weighted by Gasteiger charge is -2.00. The highest BCUT2D eigenvalue weighted by molar-refractivity contribution is 7.80. The average molecular weight is 246 g/mol.